The van der Waals surface area contributed by atoms with Gasteiger partial charge in [-0.1, -0.05) is 6.07 Å². The third-order valence-corrected chi connectivity index (χ3v) is 5.96. The number of fused-ring (bicyclic) bond motifs is 1. The SMILES string of the molecule is Cc1nc(C[C@@H]2OC[C@@H]3CN(C(=O)Cc4cccs4)CC[C@@H]32)n[nH]1. The summed E-state index contributed by atoms with van der Waals surface area (Å²) in [4.78, 5) is 20.0. The molecule has 2 aromatic rings. The van der Waals surface area contributed by atoms with Crippen molar-refractivity contribution >= 4 is 17.2 Å². The van der Waals surface area contributed by atoms with Crippen molar-refractivity contribution in [3.8, 4) is 0 Å². The second kappa shape index (κ2) is 6.64. The van der Waals surface area contributed by atoms with Crippen LogP contribution in [-0.2, 0) is 22.4 Å². The van der Waals surface area contributed by atoms with E-state index in [-0.39, 0.29) is 12.0 Å². The van der Waals surface area contributed by atoms with Crippen molar-refractivity contribution in [2.24, 2.45) is 11.8 Å². The Balaban J connectivity index is 1.34. The summed E-state index contributed by atoms with van der Waals surface area (Å²) in [6, 6.07) is 4.03. The van der Waals surface area contributed by atoms with E-state index in [1.165, 1.54) is 0 Å². The lowest BCUT2D eigenvalue weighted by atomic mass is 9.83. The molecular weight excluding hydrogens is 324 g/mol. The lowest BCUT2D eigenvalue weighted by molar-refractivity contribution is -0.132. The van der Waals surface area contributed by atoms with Crippen molar-refractivity contribution in [1.82, 2.24) is 20.1 Å². The van der Waals surface area contributed by atoms with Crippen LogP contribution in [0.25, 0.3) is 0 Å². The molecule has 0 saturated carbocycles. The number of aromatic amines is 1. The van der Waals surface area contributed by atoms with Crippen LogP contribution in [0.5, 0.6) is 0 Å². The fraction of sp³-hybridized carbons (Fsp3) is 0.588. The van der Waals surface area contributed by atoms with Gasteiger partial charge in [0.1, 0.15) is 5.82 Å². The van der Waals surface area contributed by atoms with Crippen LogP contribution in [0.2, 0.25) is 0 Å². The Labute approximate surface area is 145 Å². The summed E-state index contributed by atoms with van der Waals surface area (Å²) in [5.74, 6) is 2.86. The van der Waals surface area contributed by atoms with Gasteiger partial charge in [0.2, 0.25) is 5.91 Å². The van der Waals surface area contributed by atoms with Crippen molar-refractivity contribution in [1.29, 1.82) is 0 Å². The number of aromatic nitrogens is 3. The van der Waals surface area contributed by atoms with E-state index in [2.05, 4.69) is 15.2 Å². The van der Waals surface area contributed by atoms with E-state index < -0.39 is 0 Å². The van der Waals surface area contributed by atoms with Crippen molar-refractivity contribution in [3.05, 3.63) is 34.0 Å². The van der Waals surface area contributed by atoms with Gasteiger partial charge < -0.3 is 9.64 Å². The molecule has 2 saturated heterocycles. The molecule has 4 rings (SSSR count). The first-order valence-electron chi connectivity index (χ1n) is 8.48. The first-order valence-corrected chi connectivity index (χ1v) is 9.36. The van der Waals surface area contributed by atoms with Crippen LogP contribution in [0, 0.1) is 18.8 Å². The molecule has 1 N–H and O–H groups in total. The van der Waals surface area contributed by atoms with Gasteiger partial charge in [-0.25, -0.2) is 4.98 Å². The number of likely N-dealkylation sites (tertiary alicyclic amines) is 1. The number of aryl methyl sites for hydroxylation is 1. The Morgan fingerprint density at radius 2 is 2.46 bits per heavy atom. The van der Waals surface area contributed by atoms with Gasteiger partial charge in [0, 0.05) is 30.3 Å². The van der Waals surface area contributed by atoms with Crippen LogP contribution in [-0.4, -0.2) is 51.8 Å². The number of nitrogens with zero attached hydrogens (tertiary/aromatic N) is 3. The van der Waals surface area contributed by atoms with Crippen molar-refractivity contribution in [2.75, 3.05) is 19.7 Å². The number of ether oxygens (including phenoxy) is 1. The maximum Gasteiger partial charge on any atom is 0.227 e. The molecule has 2 fully saturated rings. The maximum absolute atomic E-state index is 12.5. The molecule has 0 bridgehead atoms. The molecule has 2 aliphatic rings. The molecule has 24 heavy (non-hydrogen) atoms. The van der Waals surface area contributed by atoms with Crippen LogP contribution in [0.3, 0.4) is 0 Å². The smallest absolute Gasteiger partial charge is 0.227 e. The fourth-order valence-corrected chi connectivity index (χ4v) is 4.55. The lowest BCUT2D eigenvalue weighted by Gasteiger charge is -2.35. The molecule has 4 heterocycles. The molecule has 2 aliphatic heterocycles. The van der Waals surface area contributed by atoms with Gasteiger partial charge in [-0.15, -0.1) is 11.3 Å². The summed E-state index contributed by atoms with van der Waals surface area (Å²) in [7, 11) is 0. The summed E-state index contributed by atoms with van der Waals surface area (Å²) in [5.41, 5.74) is 0. The highest BCUT2D eigenvalue weighted by Gasteiger charge is 2.42. The largest absolute Gasteiger partial charge is 0.377 e. The summed E-state index contributed by atoms with van der Waals surface area (Å²) < 4.78 is 6.02. The Morgan fingerprint density at radius 1 is 1.54 bits per heavy atom. The fourth-order valence-electron chi connectivity index (χ4n) is 3.86. The molecule has 2 aromatic heterocycles. The Bertz CT molecular complexity index is 699. The van der Waals surface area contributed by atoms with Gasteiger partial charge in [0.15, 0.2) is 5.82 Å². The Morgan fingerprint density at radius 3 is 3.21 bits per heavy atom. The van der Waals surface area contributed by atoms with Crippen LogP contribution in [0.4, 0.5) is 0 Å². The average Bonchev–Trinajstić information content (AvgIpc) is 3.30. The Hall–Kier alpha value is -1.73. The minimum atomic E-state index is 0.180. The van der Waals surface area contributed by atoms with Gasteiger partial charge in [-0.3, -0.25) is 9.89 Å². The van der Waals surface area contributed by atoms with E-state index in [1.807, 2.05) is 29.3 Å². The van der Waals surface area contributed by atoms with E-state index in [9.17, 15) is 4.79 Å². The number of hydrogen-bond acceptors (Lipinski definition) is 5. The first-order chi connectivity index (χ1) is 11.7. The molecule has 0 aromatic carbocycles. The van der Waals surface area contributed by atoms with Crippen molar-refractivity contribution in [3.63, 3.8) is 0 Å². The number of H-pyrrole nitrogens is 1. The number of hydrogen-bond donors (Lipinski definition) is 1. The number of piperidine rings is 1. The number of carbonyl (C=O) groups is 1. The Kier molecular flexibility index (Phi) is 4.37. The highest BCUT2D eigenvalue weighted by molar-refractivity contribution is 7.10. The molecule has 3 atom stereocenters. The van der Waals surface area contributed by atoms with Gasteiger partial charge in [0.05, 0.1) is 19.1 Å². The zero-order chi connectivity index (χ0) is 16.5. The monoisotopic (exact) mass is 346 g/mol. The zero-order valence-corrected chi connectivity index (χ0v) is 14.6. The number of amides is 1. The predicted molar refractivity (Wildman–Crippen MR) is 90.8 cm³/mol. The quantitative estimate of drug-likeness (QED) is 0.917. The number of nitrogens with one attached hydrogen (secondary N) is 1. The lowest BCUT2D eigenvalue weighted by Crippen LogP contribution is -2.45. The molecule has 0 unspecified atom stereocenters. The number of carbonyl (C=O) groups excluding carboxylic acids is 1. The minimum Gasteiger partial charge on any atom is -0.377 e. The molecular formula is C17H22N4O2S. The molecule has 1 amide bonds. The van der Waals surface area contributed by atoms with E-state index in [1.54, 1.807) is 11.3 Å². The first kappa shape index (κ1) is 15.8. The van der Waals surface area contributed by atoms with E-state index in [0.717, 1.165) is 49.1 Å². The standard InChI is InChI=1S/C17H22N4O2S/c1-11-18-16(20-19-11)8-15-14-4-5-21(9-12(14)10-23-15)17(22)7-13-3-2-6-24-13/h2-3,6,12,14-15H,4-5,7-10H2,1H3,(H,18,19,20)/t12-,14-,15-/m0/s1. The second-order valence-electron chi connectivity index (χ2n) is 6.72. The van der Waals surface area contributed by atoms with Gasteiger partial charge in [0.25, 0.3) is 0 Å². The van der Waals surface area contributed by atoms with Crippen LogP contribution >= 0.6 is 11.3 Å². The number of thiophene rings is 1. The van der Waals surface area contributed by atoms with E-state index in [4.69, 9.17) is 4.74 Å². The predicted octanol–water partition coefficient (Wildman–Crippen LogP) is 1.82. The van der Waals surface area contributed by atoms with Gasteiger partial charge in [-0.2, -0.15) is 5.10 Å². The average molecular weight is 346 g/mol. The molecule has 128 valence electrons. The third-order valence-electron chi connectivity index (χ3n) is 5.08. The normalized spacial score (nSPS) is 26.5. The van der Waals surface area contributed by atoms with E-state index >= 15 is 0 Å². The summed E-state index contributed by atoms with van der Waals surface area (Å²) in [6.45, 7) is 4.30. The molecule has 0 spiro atoms. The molecule has 0 aliphatic carbocycles. The second-order valence-corrected chi connectivity index (χ2v) is 7.75. The molecule has 7 heteroatoms. The van der Waals surface area contributed by atoms with Crippen molar-refractivity contribution < 1.29 is 9.53 Å². The summed E-state index contributed by atoms with van der Waals surface area (Å²) >= 11 is 1.65. The van der Waals surface area contributed by atoms with Crippen LogP contribution in [0.1, 0.15) is 22.9 Å². The third kappa shape index (κ3) is 3.23. The zero-order valence-electron chi connectivity index (χ0n) is 13.8. The summed E-state index contributed by atoms with van der Waals surface area (Å²) in [5, 5.41) is 9.13. The van der Waals surface area contributed by atoms with Crippen LogP contribution in [0.15, 0.2) is 17.5 Å². The van der Waals surface area contributed by atoms with Gasteiger partial charge in [-0.05, 0) is 30.7 Å². The van der Waals surface area contributed by atoms with Gasteiger partial charge >= 0.3 is 0 Å². The minimum absolute atomic E-state index is 0.180. The maximum atomic E-state index is 12.5. The molecule has 6 nitrogen and oxygen atoms in total. The highest BCUT2D eigenvalue weighted by Crippen LogP contribution is 2.35. The number of rotatable bonds is 4. The topological polar surface area (TPSA) is 71.1 Å². The van der Waals surface area contributed by atoms with Crippen LogP contribution < -0.4 is 0 Å². The van der Waals surface area contributed by atoms with Crippen molar-refractivity contribution in [2.45, 2.75) is 32.3 Å². The highest BCUT2D eigenvalue weighted by atomic mass is 32.1. The summed E-state index contributed by atoms with van der Waals surface area (Å²) in [6.07, 6.45) is 2.47. The molecule has 0 radical (unpaired) electrons. The van der Waals surface area contributed by atoms with E-state index in [0.29, 0.717) is 18.3 Å².